The van der Waals surface area contributed by atoms with Crippen LogP contribution in [0, 0.1) is 11.3 Å². The van der Waals surface area contributed by atoms with Gasteiger partial charge in [-0.25, -0.2) is 4.68 Å². The normalized spacial score (nSPS) is 13.5. The molecule has 1 aliphatic carbocycles. The van der Waals surface area contributed by atoms with Crippen molar-refractivity contribution in [3.63, 3.8) is 0 Å². The molecule has 1 aromatic heterocycles. The first kappa shape index (κ1) is 12.7. The van der Waals surface area contributed by atoms with Crippen LogP contribution in [0.2, 0.25) is 0 Å². The Morgan fingerprint density at radius 3 is 2.80 bits per heavy atom. The molecule has 0 bridgehead atoms. The van der Waals surface area contributed by atoms with Crippen molar-refractivity contribution in [3.8, 4) is 11.8 Å². The van der Waals surface area contributed by atoms with Gasteiger partial charge in [-0.1, -0.05) is 19.4 Å². The number of allylic oxidation sites excluding steroid dienone is 2. The quantitative estimate of drug-likeness (QED) is 0.843. The number of nitriles is 1. The Hall–Kier alpha value is -2.34. The third kappa shape index (κ3) is 2.25. The van der Waals surface area contributed by atoms with Crippen LogP contribution < -0.4 is 0 Å². The van der Waals surface area contributed by atoms with Gasteiger partial charge in [0, 0.05) is 11.8 Å². The monoisotopic (exact) mass is 263 g/mol. The Bertz CT molecular complexity index is 684. The van der Waals surface area contributed by atoms with Crippen LogP contribution in [0.25, 0.3) is 11.3 Å². The highest BCUT2D eigenvalue weighted by Gasteiger charge is 2.16. The minimum atomic E-state index is 0.678. The molecule has 1 aromatic carbocycles. The number of benzene rings is 1. The fraction of sp³-hybridized carbons (Fsp3) is 0.294. The number of aromatic nitrogens is 2. The first-order valence-electron chi connectivity index (χ1n) is 7.10. The van der Waals surface area contributed by atoms with Gasteiger partial charge < -0.3 is 0 Å². The zero-order valence-electron chi connectivity index (χ0n) is 11.6. The highest BCUT2D eigenvalue weighted by molar-refractivity contribution is 5.69. The molecule has 3 nitrogen and oxygen atoms in total. The van der Waals surface area contributed by atoms with E-state index in [0.29, 0.717) is 5.56 Å². The summed E-state index contributed by atoms with van der Waals surface area (Å²) < 4.78 is 1.93. The van der Waals surface area contributed by atoms with Crippen LogP contribution in [0.1, 0.15) is 43.0 Å². The highest BCUT2D eigenvalue weighted by atomic mass is 15.3. The molecule has 20 heavy (non-hydrogen) atoms. The van der Waals surface area contributed by atoms with Gasteiger partial charge in [-0.2, -0.15) is 10.4 Å². The van der Waals surface area contributed by atoms with Gasteiger partial charge in [-0.15, -0.1) is 0 Å². The summed E-state index contributed by atoms with van der Waals surface area (Å²) >= 11 is 0. The van der Waals surface area contributed by atoms with Crippen LogP contribution in [-0.2, 0) is 6.42 Å². The molecule has 0 atom stereocenters. The lowest BCUT2D eigenvalue weighted by Gasteiger charge is -2.10. The largest absolute Gasteiger partial charge is 0.240 e. The van der Waals surface area contributed by atoms with Crippen molar-refractivity contribution in [2.75, 3.05) is 0 Å². The summed E-state index contributed by atoms with van der Waals surface area (Å²) in [6.45, 7) is 2.21. The lowest BCUT2D eigenvalue weighted by Crippen LogP contribution is -1.98. The van der Waals surface area contributed by atoms with E-state index in [1.807, 2.05) is 28.9 Å². The SMILES string of the molecule is CCCC1=CCCc2nn(-c3ccc(C#N)cc3)cc21. The van der Waals surface area contributed by atoms with Crippen molar-refractivity contribution in [2.45, 2.75) is 32.6 Å². The molecule has 1 aliphatic rings. The predicted molar refractivity (Wildman–Crippen MR) is 79.5 cm³/mol. The zero-order valence-corrected chi connectivity index (χ0v) is 11.6. The standard InChI is InChI=1S/C17H17N3/c1-2-4-14-5-3-6-17-16(14)12-20(19-17)15-9-7-13(11-18)8-10-15/h5,7-10,12H,2-4,6H2,1H3. The first-order chi connectivity index (χ1) is 9.81. The average molecular weight is 263 g/mol. The number of aryl methyl sites for hydroxylation is 1. The summed E-state index contributed by atoms with van der Waals surface area (Å²) in [4.78, 5) is 0. The van der Waals surface area contributed by atoms with E-state index >= 15 is 0 Å². The van der Waals surface area contributed by atoms with Crippen molar-refractivity contribution >= 4 is 5.57 Å². The maximum atomic E-state index is 8.85. The summed E-state index contributed by atoms with van der Waals surface area (Å²) in [5, 5.41) is 13.5. The van der Waals surface area contributed by atoms with E-state index in [1.54, 1.807) is 0 Å². The summed E-state index contributed by atoms with van der Waals surface area (Å²) in [7, 11) is 0. The van der Waals surface area contributed by atoms with E-state index in [1.165, 1.54) is 16.8 Å². The Morgan fingerprint density at radius 2 is 2.10 bits per heavy atom. The smallest absolute Gasteiger partial charge is 0.0991 e. The molecule has 100 valence electrons. The maximum absolute atomic E-state index is 8.85. The lowest BCUT2D eigenvalue weighted by atomic mass is 9.94. The van der Waals surface area contributed by atoms with Crippen molar-refractivity contribution < 1.29 is 0 Å². The second-order valence-electron chi connectivity index (χ2n) is 5.11. The number of fused-ring (bicyclic) bond motifs is 1. The van der Waals surface area contributed by atoms with Gasteiger partial charge in [-0.05, 0) is 49.1 Å². The van der Waals surface area contributed by atoms with Crippen LogP contribution in [0.5, 0.6) is 0 Å². The van der Waals surface area contributed by atoms with Crippen LogP contribution in [0.4, 0.5) is 0 Å². The topological polar surface area (TPSA) is 41.6 Å². The van der Waals surface area contributed by atoms with Gasteiger partial charge in [0.1, 0.15) is 0 Å². The Kier molecular flexibility index (Phi) is 3.39. The maximum Gasteiger partial charge on any atom is 0.0991 e. The van der Waals surface area contributed by atoms with Gasteiger partial charge in [0.15, 0.2) is 0 Å². The van der Waals surface area contributed by atoms with Gasteiger partial charge >= 0.3 is 0 Å². The molecule has 0 radical (unpaired) electrons. The number of hydrogen-bond donors (Lipinski definition) is 0. The number of hydrogen-bond acceptors (Lipinski definition) is 2. The molecule has 2 aromatic rings. The molecule has 0 saturated heterocycles. The highest BCUT2D eigenvalue weighted by Crippen LogP contribution is 2.29. The van der Waals surface area contributed by atoms with E-state index < -0.39 is 0 Å². The van der Waals surface area contributed by atoms with Gasteiger partial charge in [0.05, 0.1) is 23.0 Å². The predicted octanol–water partition coefficient (Wildman–Crippen LogP) is 3.87. The molecule has 0 fully saturated rings. The molecule has 1 heterocycles. The molecule has 3 rings (SSSR count). The average Bonchev–Trinajstić information content (AvgIpc) is 2.93. The third-order valence-corrected chi connectivity index (χ3v) is 3.69. The van der Waals surface area contributed by atoms with Gasteiger partial charge in [0.2, 0.25) is 0 Å². The van der Waals surface area contributed by atoms with E-state index in [0.717, 1.165) is 31.4 Å². The molecule has 0 amide bonds. The van der Waals surface area contributed by atoms with Gasteiger partial charge in [0.25, 0.3) is 0 Å². The van der Waals surface area contributed by atoms with Crippen molar-refractivity contribution in [1.82, 2.24) is 9.78 Å². The summed E-state index contributed by atoms with van der Waals surface area (Å²) in [6, 6.07) is 9.69. The van der Waals surface area contributed by atoms with Crippen LogP contribution in [0.3, 0.4) is 0 Å². The number of nitrogens with zero attached hydrogens (tertiary/aromatic N) is 3. The lowest BCUT2D eigenvalue weighted by molar-refractivity contribution is 0.819. The number of rotatable bonds is 3. The molecule has 0 spiro atoms. The Balaban J connectivity index is 1.97. The summed E-state index contributed by atoms with van der Waals surface area (Å²) in [5.74, 6) is 0. The Morgan fingerprint density at radius 1 is 1.30 bits per heavy atom. The molecule has 0 saturated carbocycles. The van der Waals surface area contributed by atoms with Crippen molar-refractivity contribution in [1.29, 1.82) is 5.26 Å². The van der Waals surface area contributed by atoms with Crippen molar-refractivity contribution in [3.05, 3.63) is 53.4 Å². The second-order valence-corrected chi connectivity index (χ2v) is 5.11. The zero-order chi connectivity index (χ0) is 13.9. The minimum absolute atomic E-state index is 0.678. The Labute approximate surface area is 119 Å². The molecular formula is C17H17N3. The molecule has 0 N–H and O–H groups in total. The minimum Gasteiger partial charge on any atom is -0.240 e. The van der Waals surface area contributed by atoms with Crippen LogP contribution in [0.15, 0.2) is 36.5 Å². The van der Waals surface area contributed by atoms with Gasteiger partial charge in [-0.3, -0.25) is 0 Å². The molecular weight excluding hydrogens is 246 g/mol. The van der Waals surface area contributed by atoms with Crippen molar-refractivity contribution in [2.24, 2.45) is 0 Å². The van der Waals surface area contributed by atoms with E-state index in [-0.39, 0.29) is 0 Å². The van der Waals surface area contributed by atoms with Crippen LogP contribution >= 0.6 is 0 Å². The van der Waals surface area contributed by atoms with E-state index in [9.17, 15) is 0 Å². The van der Waals surface area contributed by atoms with E-state index in [4.69, 9.17) is 10.4 Å². The van der Waals surface area contributed by atoms with Crippen LogP contribution in [-0.4, -0.2) is 9.78 Å². The summed E-state index contributed by atoms with van der Waals surface area (Å²) in [5.41, 5.74) is 5.60. The first-order valence-corrected chi connectivity index (χ1v) is 7.10. The second kappa shape index (κ2) is 5.34. The fourth-order valence-corrected chi connectivity index (χ4v) is 2.68. The molecule has 0 aliphatic heterocycles. The fourth-order valence-electron chi connectivity index (χ4n) is 2.68. The summed E-state index contributed by atoms with van der Waals surface area (Å²) in [6.07, 6.45) is 8.85. The third-order valence-electron chi connectivity index (χ3n) is 3.69. The molecule has 3 heteroatoms. The molecule has 0 unspecified atom stereocenters. The van der Waals surface area contributed by atoms with E-state index in [2.05, 4.69) is 25.3 Å².